The van der Waals surface area contributed by atoms with Gasteiger partial charge in [0.15, 0.2) is 16.7 Å². The molecule has 1 heterocycles. The quantitative estimate of drug-likeness (QED) is 0.371. The van der Waals surface area contributed by atoms with Crippen LogP contribution in [0.5, 0.6) is 11.5 Å². The second-order valence-corrected chi connectivity index (χ2v) is 10.3. The van der Waals surface area contributed by atoms with Crippen LogP contribution in [0.15, 0.2) is 77.8 Å². The summed E-state index contributed by atoms with van der Waals surface area (Å²) in [5, 5.41) is 3.44. The number of methoxy groups -OCH3 is 2. The number of carbonyl (C=O) groups excluding carboxylic acids is 2. The van der Waals surface area contributed by atoms with E-state index in [1.54, 1.807) is 37.3 Å². The van der Waals surface area contributed by atoms with Crippen LogP contribution in [0.25, 0.3) is 0 Å². The van der Waals surface area contributed by atoms with E-state index in [9.17, 15) is 9.59 Å². The minimum atomic E-state index is -0.562. The van der Waals surface area contributed by atoms with Crippen LogP contribution in [0.4, 0.5) is 5.69 Å². The minimum Gasteiger partial charge on any atom is -0.493 e. The van der Waals surface area contributed by atoms with Crippen molar-refractivity contribution in [1.29, 1.82) is 0 Å². The van der Waals surface area contributed by atoms with Gasteiger partial charge in [-0.1, -0.05) is 65.8 Å². The van der Waals surface area contributed by atoms with Crippen molar-refractivity contribution in [2.45, 2.75) is 24.5 Å². The number of amidine groups is 1. The molecule has 3 aromatic carbocycles. The maximum absolute atomic E-state index is 13.3. The average Bonchev–Trinajstić information content (AvgIpc) is 2.93. The van der Waals surface area contributed by atoms with E-state index >= 15 is 0 Å². The van der Waals surface area contributed by atoms with Crippen molar-refractivity contribution >= 4 is 46.0 Å². The number of nitrogens with one attached hydrogen (secondary N) is 1. The molecule has 2 amide bonds. The molecule has 1 saturated heterocycles. The zero-order valence-electron chi connectivity index (χ0n) is 21.4. The fraction of sp³-hybridized carbons (Fsp3) is 0.276. The second kappa shape index (κ2) is 13.3. The first kappa shape index (κ1) is 27.5. The van der Waals surface area contributed by atoms with Crippen molar-refractivity contribution in [3.05, 3.63) is 88.9 Å². The molecule has 0 radical (unpaired) electrons. The lowest BCUT2D eigenvalue weighted by atomic mass is 10.1. The molecule has 0 spiro atoms. The number of aliphatic imine (C=N–C) groups is 1. The summed E-state index contributed by atoms with van der Waals surface area (Å²) in [6.45, 7) is 0.904. The van der Waals surface area contributed by atoms with Gasteiger partial charge >= 0.3 is 0 Å². The Labute approximate surface area is 232 Å². The molecular formula is C29H30ClN3O4S. The normalized spacial score (nSPS) is 16.4. The molecule has 9 heteroatoms. The predicted molar refractivity (Wildman–Crippen MR) is 153 cm³/mol. The fourth-order valence-electron chi connectivity index (χ4n) is 4.08. The highest BCUT2D eigenvalue weighted by Gasteiger charge is 2.35. The van der Waals surface area contributed by atoms with Crippen LogP contribution >= 0.6 is 23.4 Å². The van der Waals surface area contributed by atoms with Crippen LogP contribution in [0.2, 0.25) is 5.02 Å². The molecule has 0 saturated carbocycles. The lowest BCUT2D eigenvalue weighted by Gasteiger charge is -2.32. The Bertz CT molecular complexity index is 1300. The first-order valence-corrected chi connectivity index (χ1v) is 13.6. The van der Waals surface area contributed by atoms with Gasteiger partial charge in [-0.15, -0.1) is 0 Å². The monoisotopic (exact) mass is 551 g/mol. The first-order valence-electron chi connectivity index (χ1n) is 12.3. The van der Waals surface area contributed by atoms with Crippen LogP contribution in [-0.2, 0) is 22.4 Å². The molecule has 0 aromatic heterocycles. The summed E-state index contributed by atoms with van der Waals surface area (Å²) in [5.41, 5.74) is 2.75. The molecule has 1 unspecified atom stereocenters. The summed E-state index contributed by atoms with van der Waals surface area (Å²) in [7, 11) is 3.18. The largest absolute Gasteiger partial charge is 0.493 e. The topological polar surface area (TPSA) is 80.2 Å². The van der Waals surface area contributed by atoms with Gasteiger partial charge in [0.25, 0.3) is 0 Å². The zero-order chi connectivity index (χ0) is 26.9. The number of carbonyl (C=O) groups is 2. The third-order valence-electron chi connectivity index (χ3n) is 6.09. The van der Waals surface area contributed by atoms with E-state index in [4.69, 9.17) is 26.1 Å². The molecule has 0 bridgehead atoms. The van der Waals surface area contributed by atoms with Crippen molar-refractivity contribution in [1.82, 2.24) is 10.2 Å². The Balaban J connectivity index is 1.48. The van der Waals surface area contributed by atoms with Crippen LogP contribution in [0, 0.1) is 0 Å². The molecule has 4 rings (SSSR count). The van der Waals surface area contributed by atoms with Crippen molar-refractivity contribution in [3.8, 4) is 11.5 Å². The third-order valence-corrected chi connectivity index (χ3v) is 7.52. The lowest BCUT2D eigenvalue weighted by molar-refractivity contribution is -0.130. The van der Waals surface area contributed by atoms with Gasteiger partial charge in [-0.3, -0.25) is 14.5 Å². The number of thioether (sulfide) groups is 1. The highest BCUT2D eigenvalue weighted by molar-refractivity contribution is 8.15. The van der Waals surface area contributed by atoms with Crippen molar-refractivity contribution in [3.63, 3.8) is 0 Å². The Morgan fingerprint density at radius 2 is 1.79 bits per heavy atom. The van der Waals surface area contributed by atoms with E-state index < -0.39 is 5.25 Å². The average molecular weight is 552 g/mol. The van der Waals surface area contributed by atoms with Crippen molar-refractivity contribution in [2.75, 3.05) is 27.3 Å². The molecule has 38 heavy (non-hydrogen) atoms. The summed E-state index contributed by atoms with van der Waals surface area (Å²) in [4.78, 5) is 32.7. The molecule has 1 N–H and O–H groups in total. The molecule has 1 aliphatic heterocycles. The number of benzene rings is 3. The Kier molecular flexibility index (Phi) is 9.67. The van der Waals surface area contributed by atoms with E-state index in [-0.39, 0.29) is 18.2 Å². The number of rotatable bonds is 10. The van der Waals surface area contributed by atoms with Crippen LogP contribution in [0.1, 0.15) is 17.5 Å². The Hall–Kier alpha value is -3.49. The maximum atomic E-state index is 13.3. The highest BCUT2D eigenvalue weighted by atomic mass is 35.5. The number of halogens is 1. The predicted octanol–water partition coefficient (Wildman–Crippen LogP) is 5.28. The standard InChI is InChI=1S/C29H30ClN3O4S/c1-36-24-12-11-21(17-25(24)37-2)14-16-33-27(34)19-26(28(35)31-15-13-20-7-4-3-5-8-20)38-29(33)32-23-10-6-9-22(30)18-23/h3-12,17-18,26H,13-16,19H2,1-2H3,(H,31,35). The smallest absolute Gasteiger partial charge is 0.234 e. The zero-order valence-corrected chi connectivity index (χ0v) is 22.9. The van der Waals surface area contributed by atoms with Crippen LogP contribution < -0.4 is 14.8 Å². The lowest BCUT2D eigenvalue weighted by Crippen LogP contribution is -2.47. The number of ether oxygens (including phenoxy) is 2. The van der Waals surface area contributed by atoms with E-state index in [0.29, 0.717) is 46.9 Å². The van der Waals surface area contributed by atoms with Gasteiger partial charge in [0.1, 0.15) is 0 Å². The summed E-state index contributed by atoms with van der Waals surface area (Å²) < 4.78 is 10.7. The minimum absolute atomic E-state index is 0.0995. The first-order chi connectivity index (χ1) is 18.5. The number of nitrogens with zero attached hydrogens (tertiary/aromatic N) is 2. The molecule has 1 atom stereocenters. The summed E-state index contributed by atoms with van der Waals surface area (Å²) in [6, 6.07) is 22.8. The summed E-state index contributed by atoms with van der Waals surface area (Å²) >= 11 is 7.47. The van der Waals surface area contributed by atoms with Gasteiger partial charge in [0, 0.05) is 24.5 Å². The Morgan fingerprint density at radius 3 is 2.53 bits per heavy atom. The molecule has 1 fully saturated rings. The summed E-state index contributed by atoms with van der Waals surface area (Å²) in [6.07, 6.45) is 1.40. The number of hydrogen-bond acceptors (Lipinski definition) is 6. The second-order valence-electron chi connectivity index (χ2n) is 8.70. The maximum Gasteiger partial charge on any atom is 0.234 e. The molecule has 3 aromatic rings. The SMILES string of the molecule is COc1ccc(CCN2C(=O)CC(C(=O)NCCc3ccccc3)SC2=Nc2cccc(Cl)c2)cc1OC. The van der Waals surface area contributed by atoms with E-state index in [0.717, 1.165) is 17.5 Å². The fourth-order valence-corrected chi connectivity index (χ4v) is 5.42. The number of amides is 2. The van der Waals surface area contributed by atoms with Gasteiger partial charge in [-0.25, -0.2) is 4.99 Å². The van der Waals surface area contributed by atoms with Gasteiger partial charge in [0.2, 0.25) is 11.8 Å². The molecule has 198 valence electrons. The van der Waals surface area contributed by atoms with E-state index in [2.05, 4.69) is 5.32 Å². The summed E-state index contributed by atoms with van der Waals surface area (Å²) in [5.74, 6) is 0.959. The molecular weight excluding hydrogens is 522 g/mol. The highest BCUT2D eigenvalue weighted by Crippen LogP contribution is 2.31. The van der Waals surface area contributed by atoms with Crippen molar-refractivity contribution in [2.24, 2.45) is 4.99 Å². The van der Waals surface area contributed by atoms with Gasteiger partial charge in [0.05, 0.1) is 25.2 Å². The third kappa shape index (κ3) is 7.30. The van der Waals surface area contributed by atoms with Gasteiger partial charge in [-0.2, -0.15) is 0 Å². The van der Waals surface area contributed by atoms with E-state index in [1.165, 1.54) is 11.8 Å². The van der Waals surface area contributed by atoms with Crippen molar-refractivity contribution < 1.29 is 19.1 Å². The van der Waals surface area contributed by atoms with Crippen LogP contribution in [0.3, 0.4) is 0 Å². The number of hydrogen-bond donors (Lipinski definition) is 1. The van der Waals surface area contributed by atoms with Crippen LogP contribution in [-0.4, -0.2) is 54.4 Å². The molecule has 0 aliphatic carbocycles. The Morgan fingerprint density at radius 1 is 1.00 bits per heavy atom. The van der Waals surface area contributed by atoms with Gasteiger partial charge < -0.3 is 14.8 Å². The van der Waals surface area contributed by atoms with Gasteiger partial charge in [-0.05, 0) is 54.3 Å². The molecule has 7 nitrogen and oxygen atoms in total. The molecule has 1 aliphatic rings. The van der Waals surface area contributed by atoms with E-state index in [1.807, 2.05) is 54.6 Å².